The van der Waals surface area contributed by atoms with Crippen molar-refractivity contribution < 1.29 is 23.4 Å². The second-order valence-corrected chi connectivity index (χ2v) is 7.98. The molecular formula is C24H31F3N2O2. The number of alkyl halides is 3. The lowest BCUT2D eigenvalue weighted by atomic mass is 9.83. The number of nitrogens with zero attached hydrogens (tertiary/aromatic N) is 2. The highest BCUT2D eigenvalue weighted by atomic mass is 19.4. The summed E-state index contributed by atoms with van der Waals surface area (Å²) in [5.41, 5.74) is 3.17. The van der Waals surface area contributed by atoms with Crippen LogP contribution in [0.5, 0.6) is 5.75 Å². The van der Waals surface area contributed by atoms with Crippen molar-refractivity contribution in [2.24, 2.45) is 0 Å². The summed E-state index contributed by atoms with van der Waals surface area (Å²) < 4.78 is 39.1. The van der Waals surface area contributed by atoms with Gasteiger partial charge in [-0.2, -0.15) is 13.2 Å². The number of aromatic hydroxyl groups is 1. The molecule has 2 N–H and O–H groups in total. The van der Waals surface area contributed by atoms with Gasteiger partial charge in [0.2, 0.25) is 0 Å². The van der Waals surface area contributed by atoms with Gasteiger partial charge in [0, 0.05) is 38.6 Å². The van der Waals surface area contributed by atoms with E-state index in [9.17, 15) is 23.4 Å². The lowest BCUT2D eigenvalue weighted by molar-refractivity contribution is -0.137. The highest BCUT2D eigenvalue weighted by Crippen LogP contribution is 2.37. The average molecular weight is 437 g/mol. The third-order valence-corrected chi connectivity index (χ3v) is 6.22. The monoisotopic (exact) mass is 436 g/mol. The molecule has 4 nitrogen and oxygen atoms in total. The molecule has 2 atom stereocenters. The number of benzene rings is 2. The molecule has 0 saturated carbocycles. The number of anilines is 1. The fourth-order valence-corrected chi connectivity index (χ4v) is 4.57. The minimum absolute atomic E-state index is 0.000793. The van der Waals surface area contributed by atoms with Gasteiger partial charge in [-0.25, -0.2) is 0 Å². The Labute approximate surface area is 181 Å². The van der Waals surface area contributed by atoms with Gasteiger partial charge in [0.1, 0.15) is 5.75 Å². The van der Waals surface area contributed by atoms with E-state index >= 15 is 0 Å². The van der Waals surface area contributed by atoms with Gasteiger partial charge in [-0.3, -0.25) is 4.90 Å². The van der Waals surface area contributed by atoms with Gasteiger partial charge < -0.3 is 15.1 Å². The van der Waals surface area contributed by atoms with Gasteiger partial charge in [-0.15, -0.1) is 0 Å². The van der Waals surface area contributed by atoms with Crippen molar-refractivity contribution in [2.75, 3.05) is 31.1 Å². The number of phenolic OH excluding ortho intramolecular Hbond substituents is 1. The molecule has 0 amide bonds. The summed E-state index contributed by atoms with van der Waals surface area (Å²) in [6.07, 6.45) is -3.51. The Hall–Kier alpha value is -2.25. The number of hydrogen-bond acceptors (Lipinski definition) is 4. The normalized spacial score (nSPS) is 21.8. The molecule has 1 aliphatic carbocycles. The molecule has 1 heterocycles. The Bertz CT molecular complexity index is 893. The minimum atomic E-state index is -4.44. The molecule has 0 bridgehead atoms. The van der Waals surface area contributed by atoms with Crippen molar-refractivity contribution in [3.63, 3.8) is 0 Å². The van der Waals surface area contributed by atoms with Crippen LogP contribution in [0.1, 0.15) is 36.1 Å². The van der Waals surface area contributed by atoms with E-state index in [-0.39, 0.29) is 17.5 Å². The van der Waals surface area contributed by atoms with Crippen molar-refractivity contribution in [1.29, 1.82) is 0 Å². The fourth-order valence-electron chi connectivity index (χ4n) is 4.57. The third kappa shape index (κ3) is 4.99. The van der Waals surface area contributed by atoms with Gasteiger partial charge in [0.15, 0.2) is 0 Å². The molecule has 2 aromatic rings. The van der Waals surface area contributed by atoms with Crippen LogP contribution in [-0.4, -0.2) is 53.4 Å². The van der Waals surface area contributed by atoms with Crippen LogP contribution in [0.2, 0.25) is 0 Å². The second kappa shape index (κ2) is 9.49. The van der Waals surface area contributed by atoms with Crippen molar-refractivity contribution in [1.82, 2.24) is 4.90 Å². The summed E-state index contributed by atoms with van der Waals surface area (Å²) in [6, 6.07) is 9.18. The number of fused-ring (bicyclic) bond motifs is 1. The van der Waals surface area contributed by atoms with Crippen LogP contribution in [0.25, 0.3) is 0 Å². The van der Waals surface area contributed by atoms with Gasteiger partial charge in [0.05, 0.1) is 17.4 Å². The lowest BCUT2D eigenvalue weighted by Crippen LogP contribution is -2.56. The molecule has 2 aliphatic rings. The third-order valence-electron chi connectivity index (χ3n) is 6.22. The number of rotatable bonds is 2. The number of aliphatic hydroxyl groups excluding tert-OH is 1. The average Bonchev–Trinajstić information content (AvgIpc) is 2.75. The molecule has 31 heavy (non-hydrogen) atoms. The summed E-state index contributed by atoms with van der Waals surface area (Å²) in [7, 11) is 0. The van der Waals surface area contributed by atoms with Crippen LogP contribution in [0, 0.1) is 6.92 Å². The van der Waals surface area contributed by atoms with Crippen molar-refractivity contribution >= 4 is 5.69 Å². The summed E-state index contributed by atoms with van der Waals surface area (Å²) in [6.45, 7) is 8.33. The van der Waals surface area contributed by atoms with Crippen molar-refractivity contribution in [3.8, 4) is 5.75 Å². The molecule has 1 saturated heterocycles. The van der Waals surface area contributed by atoms with Crippen LogP contribution in [0.4, 0.5) is 18.9 Å². The van der Waals surface area contributed by atoms with E-state index in [1.807, 2.05) is 19.9 Å². The second-order valence-electron chi connectivity index (χ2n) is 7.98. The molecule has 1 fully saturated rings. The maximum absolute atomic E-state index is 13.0. The van der Waals surface area contributed by atoms with Crippen LogP contribution < -0.4 is 4.90 Å². The Morgan fingerprint density at radius 1 is 0.968 bits per heavy atom. The van der Waals surface area contributed by atoms with E-state index in [0.717, 1.165) is 24.6 Å². The summed E-state index contributed by atoms with van der Waals surface area (Å²) in [4.78, 5) is 4.01. The first-order valence-electron chi connectivity index (χ1n) is 10.9. The first-order chi connectivity index (χ1) is 14.7. The van der Waals surface area contributed by atoms with Crippen LogP contribution in [0.15, 0.2) is 36.4 Å². The molecule has 0 spiro atoms. The standard InChI is InChI=1S/C22H25F3N2O2.C2H6/c1-14-3-2-4-15-11-21(29)19(13-17(14)15)27-9-7-26(8-10-27)18-12-16(22(23,24)25)5-6-20(18)28;1-2/h2-6,12,19,21,28-29H,7-11,13H2,1H3;1-2H3. The Morgan fingerprint density at radius 2 is 1.65 bits per heavy atom. The van der Waals surface area contributed by atoms with E-state index in [0.29, 0.717) is 32.6 Å². The predicted octanol–water partition coefficient (Wildman–Crippen LogP) is 4.40. The molecule has 2 aromatic carbocycles. The number of piperazine rings is 1. The van der Waals surface area contributed by atoms with Crippen molar-refractivity contribution in [3.05, 3.63) is 58.7 Å². The number of hydrogen-bond donors (Lipinski definition) is 2. The van der Waals surface area contributed by atoms with Crippen LogP contribution in [0.3, 0.4) is 0 Å². The molecule has 7 heteroatoms. The fraction of sp³-hybridized carbons (Fsp3) is 0.500. The number of aryl methyl sites for hydroxylation is 1. The maximum Gasteiger partial charge on any atom is 0.416 e. The Kier molecular flexibility index (Phi) is 7.17. The molecule has 170 valence electrons. The van der Waals surface area contributed by atoms with E-state index < -0.39 is 17.8 Å². The SMILES string of the molecule is CC.Cc1cccc2c1CC(N1CCN(c3cc(C(F)(F)F)ccc3O)CC1)C(O)C2. The summed E-state index contributed by atoms with van der Waals surface area (Å²) >= 11 is 0. The van der Waals surface area contributed by atoms with E-state index in [2.05, 4.69) is 24.0 Å². The number of phenols is 1. The van der Waals surface area contributed by atoms with Crippen LogP contribution >= 0.6 is 0 Å². The van der Waals surface area contributed by atoms with Gasteiger partial charge in [-0.1, -0.05) is 32.0 Å². The Morgan fingerprint density at radius 3 is 2.29 bits per heavy atom. The summed E-state index contributed by atoms with van der Waals surface area (Å²) in [5.74, 6) is -0.145. The van der Waals surface area contributed by atoms with E-state index in [1.165, 1.54) is 16.7 Å². The minimum Gasteiger partial charge on any atom is -0.506 e. The van der Waals surface area contributed by atoms with Gasteiger partial charge in [-0.05, 0) is 48.2 Å². The molecule has 4 rings (SSSR count). The Balaban J connectivity index is 0.00000132. The molecule has 0 radical (unpaired) electrons. The molecule has 1 aliphatic heterocycles. The van der Waals surface area contributed by atoms with E-state index in [4.69, 9.17) is 0 Å². The molecule has 0 aromatic heterocycles. The maximum atomic E-state index is 13.0. The lowest BCUT2D eigenvalue weighted by Gasteiger charge is -2.44. The zero-order valence-corrected chi connectivity index (χ0v) is 18.3. The zero-order valence-electron chi connectivity index (χ0n) is 18.3. The van der Waals surface area contributed by atoms with Crippen LogP contribution in [-0.2, 0) is 19.0 Å². The molecule has 2 unspecified atom stereocenters. The zero-order chi connectivity index (χ0) is 22.8. The quantitative estimate of drug-likeness (QED) is 0.733. The first-order valence-corrected chi connectivity index (χ1v) is 10.9. The number of halogens is 3. The predicted molar refractivity (Wildman–Crippen MR) is 117 cm³/mol. The molecular weight excluding hydrogens is 405 g/mol. The van der Waals surface area contributed by atoms with Gasteiger partial charge >= 0.3 is 6.18 Å². The number of aliphatic hydroxyl groups is 1. The van der Waals surface area contributed by atoms with E-state index in [1.54, 1.807) is 4.90 Å². The van der Waals surface area contributed by atoms with Gasteiger partial charge in [0.25, 0.3) is 0 Å². The van der Waals surface area contributed by atoms with Crippen molar-refractivity contribution in [2.45, 2.75) is 51.9 Å². The highest BCUT2D eigenvalue weighted by molar-refractivity contribution is 5.60. The largest absolute Gasteiger partial charge is 0.506 e. The highest BCUT2D eigenvalue weighted by Gasteiger charge is 2.35. The topological polar surface area (TPSA) is 46.9 Å². The smallest absolute Gasteiger partial charge is 0.416 e. The summed E-state index contributed by atoms with van der Waals surface area (Å²) in [5, 5.41) is 20.8. The first kappa shape index (κ1) is 23.4.